The summed E-state index contributed by atoms with van der Waals surface area (Å²) in [5.41, 5.74) is 0.703. The molecule has 0 saturated carbocycles. The van der Waals surface area contributed by atoms with Gasteiger partial charge in [0.1, 0.15) is 0 Å². The molecule has 58 valence electrons. The van der Waals surface area contributed by atoms with Crippen molar-refractivity contribution in [3.05, 3.63) is 30.1 Å². The van der Waals surface area contributed by atoms with Gasteiger partial charge in [-0.1, -0.05) is 0 Å². The minimum absolute atomic E-state index is 0.0269. The number of rotatable bonds is 1. The highest BCUT2D eigenvalue weighted by Gasteiger charge is 2.06. The molecule has 0 unspecified atom stereocenters. The van der Waals surface area contributed by atoms with Crippen LogP contribution < -0.4 is 4.98 Å². The van der Waals surface area contributed by atoms with Crippen molar-refractivity contribution in [2.75, 3.05) is 14.1 Å². The lowest BCUT2D eigenvalue weighted by molar-refractivity contribution is -0.378. The Morgan fingerprint density at radius 2 is 1.91 bits per heavy atom. The van der Waals surface area contributed by atoms with Gasteiger partial charge in [-0.25, -0.2) is 4.98 Å². The quantitative estimate of drug-likeness (QED) is 0.564. The first-order chi connectivity index (χ1) is 5.22. The van der Waals surface area contributed by atoms with E-state index < -0.39 is 0 Å². The highest BCUT2D eigenvalue weighted by molar-refractivity contribution is 5.93. The number of pyridine rings is 1. The Labute approximate surface area is 65.7 Å². The van der Waals surface area contributed by atoms with E-state index in [0.717, 1.165) is 0 Å². The van der Waals surface area contributed by atoms with Gasteiger partial charge < -0.3 is 4.90 Å². The molecule has 1 rings (SSSR count). The number of hydrogen-bond donors (Lipinski definition) is 0. The molecule has 1 N–H and O–H groups in total. The van der Waals surface area contributed by atoms with E-state index >= 15 is 0 Å². The predicted octanol–water partition coefficient (Wildman–Crippen LogP) is 0.202. The molecule has 11 heavy (non-hydrogen) atoms. The Balaban J connectivity index is 2.86. The zero-order chi connectivity index (χ0) is 8.27. The predicted molar refractivity (Wildman–Crippen MR) is 41.0 cm³/mol. The van der Waals surface area contributed by atoms with Crippen molar-refractivity contribution in [2.24, 2.45) is 0 Å². The maximum Gasteiger partial charge on any atom is 0.253 e. The number of carbonyl (C=O) groups excluding carboxylic acids is 1. The third-order valence-corrected chi connectivity index (χ3v) is 1.37. The van der Waals surface area contributed by atoms with Crippen LogP contribution in [-0.2, 0) is 0 Å². The largest absolute Gasteiger partial charge is 0.345 e. The smallest absolute Gasteiger partial charge is 0.253 e. The monoisotopic (exact) mass is 151 g/mol. The molecule has 0 aliphatic heterocycles. The van der Waals surface area contributed by atoms with Crippen LogP contribution in [0.2, 0.25) is 0 Å². The number of amides is 1. The minimum atomic E-state index is 0.0269. The first-order valence-electron chi connectivity index (χ1n) is 3.39. The molecule has 0 saturated heterocycles. The fraction of sp³-hybridized carbons (Fsp3) is 0.250. The van der Waals surface area contributed by atoms with Gasteiger partial charge in [-0.05, 0) is 0 Å². The van der Waals surface area contributed by atoms with E-state index in [1.54, 1.807) is 43.5 Å². The molecule has 1 aromatic heterocycles. The average Bonchev–Trinajstić information content (AvgIpc) is 2.05. The molecule has 1 heterocycles. The summed E-state index contributed by atoms with van der Waals surface area (Å²) in [6.07, 6.45) is 3.47. The molecular formula is C8H11N2O+. The number of hydrogen-bond acceptors (Lipinski definition) is 1. The number of carbonyl (C=O) groups is 1. The Morgan fingerprint density at radius 1 is 1.36 bits per heavy atom. The van der Waals surface area contributed by atoms with Crippen molar-refractivity contribution in [1.29, 1.82) is 0 Å². The molecule has 0 radical (unpaired) electrons. The van der Waals surface area contributed by atoms with Gasteiger partial charge in [-0.2, -0.15) is 0 Å². The highest BCUT2D eigenvalue weighted by atomic mass is 16.2. The van der Waals surface area contributed by atoms with E-state index in [1.807, 2.05) is 0 Å². The maximum absolute atomic E-state index is 11.3. The van der Waals surface area contributed by atoms with E-state index in [1.165, 1.54) is 0 Å². The zero-order valence-corrected chi connectivity index (χ0v) is 6.66. The molecule has 3 heteroatoms. The van der Waals surface area contributed by atoms with Gasteiger partial charge in [0, 0.05) is 26.2 Å². The molecule has 0 aliphatic carbocycles. The topological polar surface area (TPSA) is 34.5 Å². The molecule has 0 spiro atoms. The summed E-state index contributed by atoms with van der Waals surface area (Å²) in [4.78, 5) is 15.7. The fourth-order valence-electron chi connectivity index (χ4n) is 0.788. The summed E-state index contributed by atoms with van der Waals surface area (Å²) in [5, 5.41) is 0. The Bertz CT molecular complexity index is 244. The normalized spacial score (nSPS) is 9.27. The molecule has 0 fully saturated rings. The lowest BCUT2D eigenvalue weighted by atomic mass is 10.2. The molecule has 3 nitrogen and oxygen atoms in total. The summed E-state index contributed by atoms with van der Waals surface area (Å²) in [5.74, 6) is 0.0269. The van der Waals surface area contributed by atoms with Gasteiger partial charge in [0.15, 0.2) is 12.4 Å². The van der Waals surface area contributed by atoms with Gasteiger partial charge in [0.05, 0.1) is 5.56 Å². The summed E-state index contributed by atoms with van der Waals surface area (Å²) in [7, 11) is 3.47. The van der Waals surface area contributed by atoms with Crippen LogP contribution in [-0.4, -0.2) is 24.9 Å². The van der Waals surface area contributed by atoms with Crippen LogP contribution in [0.3, 0.4) is 0 Å². The van der Waals surface area contributed by atoms with Crippen LogP contribution in [0.5, 0.6) is 0 Å². The Hall–Kier alpha value is -1.38. The maximum atomic E-state index is 11.3. The SMILES string of the molecule is CN(C)C(=O)c1cc[nH+]cc1. The van der Waals surface area contributed by atoms with Gasteiger partial charge in [-0.3, -0.25) is 4.79 Å². The van der Waals surface area contributed by atoms with Crippen LogP contribution in [0.25, 0.3) is 0 Å². The molecule has 0 aliphatic rings. The molecule has 0 aromatic carbocycles. The summed E-state index contributed by atoms with van der Waals surface area (Å²) in [6, 6.07) is 3.50. The molecule has 1 amide bonds. The third-order valence-electron chi connectivity index (χ3n) is 1.37. The summed E-state index contributed by atoms with van der Waals surface area (Å²) >= 11 is 0. The van der Waals surface area contributed by atoms with Gasteiger partial charge in [0.25, 0.3) is 5.91 Å². The number of aromatic amines is 1. The van der Waals surface area contributed by atoms with Crippen LogP contribution >= 0.6 is 0 Å². The standard InChI is InChI=1S/C8H10N2O/c1-10(2)8(11)7-3-5-9-6-4-7/h3-6H,1-2H3/p+1. The Morgan fingerprint density at radius 3 is 2.36 bits per heavy atom. The van der Waals surface area contributed by atoms with E-state index in [0.29, 0.717) is 5.56 Å². The van der Waals surface area contributed by atoms with Crippen molar-refractivity contribution in [3.63, 3.8) is 0 Å². The van der Waals surface area contributed by atoms with Crippen molar-refractivity contribution < 1.29 is 9.78 Å². The zero-order valence-electron chi connectivity index (χ0n) is 6.66. The summed E-state index contributed by atoms with van der Waals surface area (Å²) in [6.45, 7) is 0. The van der Waals surface area contributed by atoms with Gasteiger partial charge >= 0.3 is 0 Å². The van der Waals surface area contributed by atoms with Crippen molar-refractivity contribution in [1.82, 2.24) is 4.90 Å². The number of nitrogens with one attached hydrogen (secondary N) is 1. The Kier molecular flexibility index (Phi) is 2.21. The van der Waals surface area contributed by atoms with Crippen LogP contribution in [0.15, 0.2) is 24.5 Å². The van der Waals surface area contributed by atoms with E-state index in [2.05, 4.69) is 4.98 Å². The molecule has 1 aromatic rings. The third kappa shape index (κ3) is 1.77. The van der Waals surface area contributed by atoms with Crippen LogP contribution in [0.1, 0.15) is 10.4 Å². The fourth-order valence-corrected chi connectivity index (χ4v) is 0.788. The molecule has 0 bridgehead atoms. The molecular weight excluding hydrogens is 140 g/mol. The lowest BCUT2D eigenvalue weighted by Gasteiger charge is -2.07. The first kappa shape index (κ1) is 7.72. The van der Waals surface area contributed by atoms with Crippen molar-refractivity contribution in [3.8, 4) is 0 Å². The van der Waals surface area contributed by atoms with Crippen LogP contribution in [0, 0.1) is 0 Å². The summed E-state index contributed by atoms with van der Waals surface area (Å²) < 4.78 is 0. The highest BCUT2D eigenvalue weighted by Crippen LogP contribution is 1.97. The van der Waals surface area contributed by atoms with E-state index in [4.69, 9.17) is 0 Å². The minimum Gasteiger partial charge on any atom is -0.345 e. The number of aromatic nitrogens is 1. The van der Waals surface area contributed by atoms with Gasteiger partial charge in [0.2, 0.25) is 0 Å². The van der Waals surface area contributed by atoms with E-state index in [-0.39, 0.29) is 5.91 Å². The van der Waals surface area contributed by atoms with Crippen molar-refractivity contribution in [2.45, 2.75) is 0 Å². The van der Waals surface area contributed by atoms with Crippen molar-refractivity contribution >= 4 is 5.91 Å². The number of nitrogens with zero attached hydrogens (tertiary/aromatic N) is 1. The second-order valence-electron chi connectivity index (χ2n) is 2.49. The second kappa shape index (κ2) is 3.14. The first-order valence-corrected chi connectivity index (χ1v) is 3.39. The van der Waals surface area contributed by atoms with Crippen LogP contribution in [0.4, 0.5) is 0 Å². The molecule has 0 atom stereocenters. The van der Waals surface area contributed by atoms with E-state index in [9.17, 15) is 4.79 Å². The lowest BCUT2D eigenvalue weighted by Crippen LogP contribution is -2.22. The average molecular weight is 151 g/mol. The number of H-pyrrole nitrogens is 1. The van der Waals surface area contributed by atoms with Gasteiger partial charge in [-0.15, -0.1) is 0 Å². The second-order valence-corrected chi connectivity index (χ2v) is 2.49.